The van der Waals surface area contributed by atoms with E-state index in [9.17, 15) is 14.4 Å². The fraction of sp³-hybridized carbons (Fsp3) is 0.133. The molecular weight excluding hydrogens is 538 g/mol. The number of nitrogens with zero attached hydrogens (tertiary/aromatic N) is 1. The van der Waals surface area contributed by atoms with Crippen LogP contribution in [0, 0.1) is 0 Å². The van der Waals surface area contributed by atoms with Gasteiger partial charge in [-0.15, -0.1) is 0 Å². The fourth-order valence-corrected chi connectivity index (χ4v) is 3.70. The largest absolute Gasteiger partial charge is 0.493 e. The van der Waals surface area contributed by atoms with Crippen LogP contribution in [-0.4, -0.2) is 37.5 Å². The molecular formula is C30H24ClNO8. The van der Waals surface area contributed by atoms with Gasteiger partial charge in [-0.05, 0) is 72.7 Å². The number of aliphatic imine (C=N–C) groups is 1. The molecule has 0 unspecified atom stereocenters. The molecule has 0 aliphatic carbocycles. The van der Waals surface area contributed by atoms with Crippen molar-refractivity contribution in [2.24, 2.45) is 4.99 Å². The molecule has 0 N–H and O–H groups in total. The van der Waals surface area contributed by atoms with Crippen molar-refractivity contribution in [2.75, 3.05) is 13.7 Å². The lowest BCUT2D eigenvalue weighted by Crippen LogP contribution is -2.07. The van der Waals surface area contributed by atoms with Gasteiger partial charge in [-0.25, -0.2) is 14.6 Å². The van der Waals surface area contributed by atoms with E-state index in [-0.39, 0.29) is 28.8 Å². The highest BCUT2D eigenvalue weighted by Gasteiger charge is 2.25. The minimum absolute atomic E-state index is 0.0520. The molecule has 0 saturated heterocycles. The average molecular weight is 562 g/mol. The summed E-state index contributed by atoms with van der Waals surface area (Å²) in [4.78, 5) is 40.5. The van der Waals surface area contributed by atoms with E-state index >= 15 is 0 Å². The number of rotatable bonds is 9. The molecule has 9 nitrogen and oxygen atoms in total. The van der Waals surface area contributed by atoms with Crippen LogP contribution in [0.25, 0.3) is 12.2 Å². The highest BCUT2D eigenvalue weighted by molar-refractivity contribution is 6.30. The van der Waals surface area contributed by atoms with Gasteiger partial charge in [0.25, 0.3) is 0 Å². The van der Waals surface area contributed by atoms with E-state index in [1.54, 1.807) is 67.6 Å². The smallest absolute Gasteiger partial charge is 0.363 e. The summed E-state index contributed by atoms with van der Waals surface area (Å²) in [7, 11) is 1.42. The number of hydrogen-bond acceptors (Lipinski definition) is 9. The monoisotopic (exact) mass is 561 g/mol. The van der Waals surface area contributed by atoms with E-state index in [4.69, 9.17) is 35.3 Å². The number of carbonyl (C=O) groups excluding carboxylic acids is 3. The van der Waals surface area contributed by atoms with Crippen LogP contribution in [0.4, 0.5) is 0 Å². The molecule has 0 bridgehead atoms. The van der Waals surface area contributed by atoms with Crippen LogP contribution in [0.2, 0.25) is 5.02 Å². The minimum atomic E-state index is -0.654. The highest BCUT2D eigenvalue weighted by Crippen LogP contribution is 2.32. The molecule has 204 valence electrons. The summed E-state index contributed by atoms with van der Waals surface area (Å²) in [6, 6.07) is 16.5. The summed E-state index contributed by atoms with van der Waals surface area (Å²) in [6.07, 6.45) is 4.43. The van der Waals surface area contributed by atoms with Crippen molar-refractivity contribution in [2.45, 2.75) is 13.8 Å². The number of carbonyl (C=O) groups is 3. The van der Waals surface area contributed by atoms with Gasteiger partial charge in [-0.2, -0.15) is 0 Å². The second-order valence-electron chi connectivity index (χ2n) is 8.24. The van der Waals surface area contributed by atoms with Gasteiger partial charge in [0.05, 0.1) is 13.7 Å². The normalized spacial score (nSPS) is 13.7. The Labute approximate surface area is 235 Å². The Morgan fingerprint density at radius 1 is 0.925 bits per heavy atom. The van der Waals surface area contributed by atoms with Crippen LogP contribution in [0.5, 0.6) is 23.0 Å². The first-order valence-corrected chi connectivity index (χ1v) is 12.4. The molecule has 10 heteroatoms. The van der Waals surface area contributed by atoms with Gasteiger partial charge < -0.3 is 23.7 Å². The number of benzene rings is 3. The second kappa shape index (κ2) is 12.8. The molecule has 40 heavy (non-hydrogen) atoms. The Balaban J connectivity index is 1.53. The lowest BCUT2D eigenvalue weighted by Gasteiger charge is -2.10. The average Bonchev–Trinajstić information content (AvgIpc) is 3.29. The lowest BCUT2D eigenvalue weighted by atomic mass is 10.1. The molecule has 0 atom stereocenters. The molecule has 1 aliphatic rings. The van der Waals surface area contributed by atoms with Crippen molar-refractivity contribution in [1.29, 1.82) is 0 Å². The van der Waals surface area contributed by atoms with Crippen LogP contribution in [-0.2, 0) is 19.1 Å². The molecule has 0 amide bonds. The number of cyclic esters (lactones) is 1. The standard InChI is InChI=1S/C30H24ClNO8/c1-4-37-27-16-20(7-12-25(27)39-28(34)14-8-19-5-10-22(31)11-6-19)15-23-30(35)40-29(32-23)21-9-13-24(38-18(2)33)26(17-21)36-3/h5-17H,4H2,1-3H3/b14-8+,23-15-. The van der Waals surface area contributed by atoms with Crippen molar-refractivity contribution in [3.05, 3.63) is 94.1 Å². The molecule has 1 heterocycles. The number of ether oxygens (including phenoxy) is 5. The summed E-state index contributed by atoms with van der Waals surface area (Å²) >= 11 is 5.88. The molecule has 3 aromatic carbocycles. The Morgan fingerprint density at radius 2 is 1.62 bits per heavy atom. The highest BCUT2D eigenvalue weighted by atomic mass is 35.5. The quantitative estimate of drug-likeness (QED) is 0.188. The zero-order chi connectivity index (χ0) is 28.6. The van der Waals surface area contributed by atoms with Gasteiger partial charge in [0.15, 0.2) is 28.7 Å². The number of methoxy groups -OCH3 is 1. The first kappa shape index (κ1) is 28.1. The summed E-state index contributed by atoms with van der Waals surface area (Å²) in [6.45, 7) is 3.39. The third-order valence-corrected chi connectivity index (χ3v) is 5.60. The van der Waals surface area contributed by atoms with E-state index < -0.39 is 17.9 Å². The molecule has 0 spiro atoms. The van der Waals surface area contributed by atoms with Gasteiger partial charge in [-0.3, -0.25) is 4.79 Å². The van der Waals surface area contributed by atoms with Gasteiger partial charge in [0, 0.05) is 23.6 Å². The summed E-state index contributed by atoms with van der Waals surface area (Å²) in [5.41, 5.74) is 1.86. The van der Waals surface area contributed by atoms with E-state index in [0.717, 1.165) is 5.56 Å². The third kappa shape index (κ3) is 7.15. The predicted molar refractivity (Wildman–Crippen MR) is 149 cm³/mol. The molecule has 0 radical (unpaired) electrons. The SMILES string of the molecule is CCOc1cc(/C=C2\N=C(c3ccc(OC(C)=O)c(OC)c3)OC2=O)ccc1OC(=O)/C=C/c1ccc(Cl)cc1. The fourth-order valence-electron chi connectivity index (χ4n) is 3.58. The van der Waals surface area contributed by atoms with Crippen molar-refractivity contribution in [3.63, 3.8) is 0 Å². The topological polar surface area (TPSA) is 110 Å². The van der Waals surface area contributed by atoms with Gasteiger partial charge in [0.1, 0.15) is 0 Å². The Morgan fingerprint density at radius 3 is 2.33 bits per heavy atom. The van der Waals surface area contributed by atoms with Crippen molar-refractivity contribution < 1.29 is 38.1 Å². The van der Waals surface area contributed by atoms with E-state index in [1.165, 1.54) is 32.3 Å². The van der Waals surface area contributed by atoms with Crippen LogP contribution in [0.15, 0.2) is 77.4 Å². The molecule has 0 aromatic heterocycles. The maximum absolute atomic E-state index is 12.5. The number of hydrogen-bond donors (Lipinski definition) is 0. The first-order valence-electron chi connectivity index (χ1n) is 12.1. The maximum atomic E-state index is 12.5. The van der Waals surface area contributed by atoms with Crippen LogP contribution >= 0.6 is 11.6 Å². The molecule has 0 fully saturated rings. The van der Waals surface area contributed by atoms with Gasteiger partial charge in [-0.1, -0.05) is 29.8 Å². The van der Waals surface area contributed by atoms with Crippen molar-refractivity contribution in [1.82, 2.24) is 0 Å². The Kier molecular flexibility index (Phi) is 8.98. The molecule has 3 aromatic rings. The lowest BCUT2D eigenvalue weighted by molar-refractivity contribution is -0.132. The Bertz CT molecular complexity index is 1540. The molecule has 1 aliphatic heterocycles. The molecule has 0 saturated carbocycles. The maximum Gasteiger partial charge on any atom is 0.363 e. The third-order valence-electron chi connectivity index (χ3n) is 5.35. The number of halogens is 1. The summed E-state index contributed by atoms with van der Waals surface area (Å²) < 4.78 is 26.8. The van der Waals surface area contributed by atoms with Crippen molar-refractivity contribution in [3.8, 4) is 23.0 Å². The van der Waals surface area contributed by atoms with Crippen molar-refractivity contribution >= 4 is 47.6 Å². The van der Waals surface area contributed by atoms with Crippen LogP contribution in [0.1, 0.15) is 30.5 Å². The summed E-state index contributed by atoms with van der Waals surface area (Å²) in [5, 5.41) is 0.596. The minimum Gasteiger partial charge on any atom is -0.493 e. The number of esters is 3. The second-order valence-corrected chi connectivity index (χ2v) is 8.68. The zero-order valence-electron chi connectivity index (χ0n) is 21.8. The summed E-state index contributed by atoms with van der Waals surface area (Å²) in [5.74, 6) is -0.652. The zero-order valence-corrected chi connectivity index (χ0v) is 22.6. The van der Waals surface area contributed by atoms with Crippen LogP contribution in [0.3, 0.4) is 0 Å². The van der Waals surface area contributed by atoms with E-state index in [2.05, 4.69) is 4.99 Å². The van der Waals surface area contributed by atoms with Gasteiger partial charge in [0.2, 0.25) is 5.90 Å². The Hall–Kier alpha value is -4.89. The van der Waals surface area contributed by atoms with E-state index in [0.29, 0.717) is 28.5 Å². The van der Waals surface area contributed by atoms with E-state index in [1.807, 2.05) is 0 Å². The predicted octanol–water partition coefficient (Wildman–Crippen LogP) is 5.64. The molecule has 4 rings (SSSR count). The van der Waals surface area contributed by atoms with Gasteiger partial charge >= 0.3 is 17.9 Å². The van der Waals surface area contributed by atoms with Crippen LogP contribution < -0.4 is 18.9 Å². The first-order chi connectivity index (χ1) is 19.2.